The molecule has 3 saturated heterocycles. The molecule has 38 heavy (non-hydrogen) atoms. The van der Waals surface area contributed by atoms with Crippen molar-refractivity contribution in [2.75, 3.05) is 18.1 Å². The third-order valence-electron chi connectivity index (χ3n) is 9.17. The molecule has 2 aromatic rings. The van der Waals surface area contributed by atoms with Gasteiger partial charge in [0.25, 0.3) is 5.91 Å². The standard InChI is InChI=1S/C30H36N2O5S/c1-5-13-31(21-12-11-19-9-7-8-10-20(19)15-21)28(35)26-30-18(4)14-23(38-30)24(29(36)37)25(30)27(34)32(26)22(16-33)17(3)6-2/h5,7-12,15,17-18,22-26,33H,1,6,13-14,16H2,2-4H3,(H,36,37)/t17-,18?,22-,23-,24+,25-,26?,30?/m0/s1. The van der Waals surface area contributed by atoms with E-state index in [1.165, 1.54) is 11.8 Å². The van der Waals surface area contributed by atoms with Crippen LogP contribution in [0.5, 0.6) is 0 Å². The van der Waals surface area contributed by atoms with E-state index in [1.54, 1.807) is 15.9 Å². The fourth-order valence-electron chi connectivity index (χ4n) is 7.14. The minimum atomic E-state index is -0.982. The molecule has 0 saturated carbocycles. The van der Waals surface area contributed by atoms with Gasteiger partial charge < -0.3 is 20.0 Å². The van der Waals surface area contributed by atoms with E-state index in [0.29, 0.717) is 18.5 Å². The first kappa shape index (κ1) is 26.8. The van der Waals surface area contributed by atoms with Crippen LogP contribution in [-0.2, 0) is 14.4 Å². The molecule has 7 nitrogen and oxygen atoms in total. The van der Waals surface area contributed by atoms with Gasteiger partial charge >= 0.3 is 5.97 Å². The Morgan fingerprint density at radius 3 is 2.61 bits per heavy atom. The molecule has 0 aromatic heterocycles. The van der Waals surface area contributed by atoms with Crippen molar-refractivity contribution >= 4 is 46.0 Å². The number of carboxylic acid groups (broad SMARTS) is 1. The number of carboxylic acids is 1. The summed E-state index contributed by atoms with van der Waals surface area (Å²) in [6.45, 7) is 9.85. The summed E-state index contributed by atoms with van der Waals surface area (Å²) in [5.74, 6) is -3.27. The lowest BCUT2D eigenvalue weighted by molar-refractivity contribution is -0.150. The van der Waals surface area contributed by atoms with Gasteiger partial charge in [0, 0.05) is 17.5 Å². The quantitative estimate of drug-likeness (QED) is 0.467. The van der Waals surface area contributed by atoms with Crippen molar-refractivity contribution in [1.29, 1.82) is 0 Å². The number of hydrogen-bond donors (Lipinski definition) is 2. The van der Waals surface area contributed by atoms with Crippen molar-refractivity contribution in [3.05, 3.63) is 55.1 Å². The van der Waals surface area contributed by atoms with E-state index in [2.05, 4.69) is 6.58 Å². The molecule has 0 aliphatic carbocycles. The number of hydrogen-bond acceptors (Lipinski definition) is 5. The van der Waals surface area contributed by atoms with Gasteiger partial charge in [-0.05, 0) is 41.2 Å². The first-order valence-corrected chi connectivity index (χ1v) is 14.3. The van der Waals surface area contributed by atoms with E-state index < -0.39 is 34.6 Å². The van der Waals surface area contributed by atoms with Gasteiger partial charge in [0.2, 0.25) is 5.91 Å². The van der Waals surface area contributed by atoms with Gasteiger partial charge in [-0.1, -0.05) is 63.6 Å². The van der Waals surface area contributed by atoms with Crippen LogP contribution >= 0.6 is 11.8 Å². The van der Waals surface area contributed by atoms with Crippen molar-refractivity contribution in [2.45, 2.75) is 55.7 Å². The molecule has 202 valence electrons. The van der Waals surface area contributed by atoms with Crippen LogP contribution in [0.15, 0.2) is 55.1 Å². The number of nitrogens with zero attached hydrogens (tertiary/aromatic N) is 2. The molecular weight excluding hydrogens is 500 g/mol. The number of carbonyl (C=O) groups is 3. The number of aliphatic hydroxyl groups is 1. The van der Waals surface area contributed by atoms with Crippen LogP contribution in [0.25, 0.3) is 10.8 Å². The van der Waals surface area contributed by atoms with E-state index in [9.17, 15) is 24.6 Å². The van der Waals surface area contributed by atoms with Crippen molar-refractivity contribution in [3.63, 3.8) is 0 Å². The average Bonchev–Trinajstić information content (AvgIpc) is 3.51. The molecule has 8 heteroatoms. The number of rotatable bonds is 9. The lowest BCUT2D eigenvalue weighted by atomic mass is 9.66. The number of aliphatic carboxylic acids is 1. The maximum absolute atomic E-state index is 14.7. The van der Waals surface area contributed by atoms with Crippen LogP contribution in [-0.4, -0.2) is 68.1 Å². The first-order chi connectivity index (χ1) is 18.2. The predicted octanol–water partition coefficient (Wildman–Crippen LogP) is 4.19. The highest BCUT2D eigenvalue weighted by Gasteiger charge is 2.77. The Bertz CT molecular complexity index is 1280. The molecule has 3 fully saturated rings. The molecular formula is C30H36N2O5S. The average molecular weight is 537 g/mol. The van der Waals surface area contributed by atoms with E-state index in [0.717, 1.165) is 10.8 Å². The number of benzene rings is 2. The van der Waals surface area contributed by atoms with Crippen LogP contribution in [0, 0.1) is 23.7 Å². The molecule has 1 spiro atoms. The number of anilines is 1. The molecule has 5 rings (SSSR count). The van der Waals surface area contributed by atoms with Crippen molar-refractivity contribution in [1.82, 2.24) is 4.90 Å². The van der Waals surface area contributed by atoms with Crippen LogP contribution in [0.1, 0.15) is 33.6 Å². The molecule has 3 unspecified atom stereocenters. The monoisotopic (exact) mass is 536 g/mol. The zero-order valence-corrected chi connectivity index (χ0v) is 22.9. The number of carbonyl (C=O) groups excluding carboxylic acids is 2. The van der Waals surface area contributed by atoms with Gasteiger partial charge in [-0.2, -0.15) is 0 Å². The predicted molar refractivity (Wildman–Crippen MR) is 150 cm³/mol. The number of thioether (sulfide) groups is 1. The van der Waals surface area contributed by atoms with E-state index in [-0.39, 0.29) is 42.1 Å². The summed E-state index contributed by atoms with van der Waals surface area (Å²) in [6.07, 6.45) is 3.03. The van der Waals surface area contributed by atoms with Crippen molar-refractivity contribution in [2.24, 2.45) is 23.7 Å². The van der Waals surface area contributed by atoms with Crippen molar-refractivity contribution < 1.29 is 24.6 Å². The third-order valence-corrected chi connectivity index (χ3v) is 11.2. The van der Waals surface area contributed by atoms with Crippen molar-refractivity contribution in [3.8, 4) is 0 Å². The molecule has 8 atom stereocenters. The minimum absolute atomic E-state index is 0.0283. The first-order valence-electron chi connectivity index (χ1n) is 13.5. The summed E-state index contributed by atoms with van der Waals surface area (Å²) < 4.78 is -0.862. The van der Waals surface area contributed by atoms with E-state index in [1.807, 2.05) is 63.2 Å². The van der Waals surface area contributed by atoms with Crippen LogP contribution < -0.4 is 4.90 Å². The highest BCUT2D eigenvalue weighted by molar-refractivity contribution is 8.02. The normalized spacial score (nSPS) is 31.3. The minimum Gasteiger partial charge on any atom is -0.481 e. The summed E-state index contributed by atoms with van der Waals surface area (Å²) in [4.78, 5) is 44.6. The summed E-state index contributed by atoms with van der Waals surface area (Å²) in [5, 5.41) is 22.5. The molecule has 3 aliphatic rings. The summed E-state index contributed by atoms with van der Waals surface area (Å²) >= 11 is 1.52. The van der Waals surface area contributed by atoms with Gasteiger partial charge in [0.15, 0.2) is 0 Å². The fourth-order valence-corrected chi connectivity index (χ4v) is 9.53. The summed E-state index contributed by atoms with van der Waals surface area (Å²) in [5.41, 5.74) is 0.699. The Morgan fingerprint density at radius 2 is 1.97 bits per heavy atom. The zero-order chi connectivity index (χ0) is 27.4. The van der Waals surface area contributed by atoms with Gasteiger partial charge in [0.05, 0.1) is 29.2 Å². The number of fused-ring (bicyclic) bond motifs is 2. The highest BCUT2D eigenvalue weighted by Crippen LogP contribution is 2.69. The Labute approximate surface area is 227 Å². The molecule has 2 N–H and O–H groups in total. The Hall–Kier alpha value is -2.84. The smallest absolute Gasteiger partial charge is 0.308 e. The second-order valence-electron chi connectivity index (χ2n) is 11.0. The molecule has 3 aliphatic heterocycles. The lowest BCUT2D eigenvalue weighted by Gasteiger charge is -2.43. The topological polar surface area (TPSA) is 98.2 Å². The van der Waals surface area contributed by atoms with Crippen LogP contribution in [0.2, 0.25) is 0 Å². The molecule has 3 heterocycles. The van der Waals surface area contributed by atoms with E-state index in [4.69, 9.17) is 0 Å². The fraction of sp³-hybridized carbons (Fsp3) is 0.500. The van der Waals surface area contributed by atoms with Gasteiger partial charge in [-0.15, -0.1) is 18.3 Å². The second kappa shape index (κ2) is 10.0. The number of likely N-dealkylation sites (tertiary alicyclic amines) is 1. The Balaban J connectivity index is 1.66. The lowest BCUT2D eigenvalue weighted by Crippen LogP contribution is -2.60. The van der Waals surface area contributed by atoms with Gasteiger partial charge in [-0.3, -0.25) is 14.4 Å². The van der Waals surface area contributed by atoms with Gasteiger partial charge in [0.1, 0.15) is 6.04 Å². The molecule has 0 radical (unpaired) electrons. The number of aliphatic hydroxyl groups excluding tert-OH is 1. The maximum atomic E-state index is 14.7. The second-order valence-corrected chi connectivity index (χ2v) is 12.6. The maximum Gasteiger partial charge on any atom is 0.308 e. The van der Waals surface area contributed by atoms with Crippen LogP contribution in [0.3, 0.4) is 0 Å². The summed E-state index contributed by atoms with van der Waals surface area (Å²) in [6, 6.07) is 12.3. The van der Waals surface area contributed by atoms with Gasteiger partial charge in [-0.25, -0.2) is 0 Å². The Morgan fingerprint density at radius 1 is 1.26 bits per heavy atom. The molecule has 2 amide bonds. The molecule has 2 aromatic carbocycles. The number of amides is 2. The summed E-state index contributed by atoms with van der Waals surface area (Å²) in [7, 11) is 0. The molecule has 2 bridgehead atoms. The van der Waals surface area contributed by atoms with E-state index >= 15 is 0 Å². The van der Waals surface area contributed by atoms with Crippen LogP contribution in [0.4, 0.5) is 5.69 Å². The Kier molecular flexibility index (Phi) is 7.07. The highest BCUT2D eigenvalue weighted by atomic mass is 32.2. The largest absolute Gasteiger partial charge is 0.481 e. The SMILES string of the molecule is C=CCN(C(=O)C1N([C@@H](CO)[C@@H](C)CC)C(=O)[C@@H]2[C@H](C(=O)O)[C@@H]3CC(C)C12S3)c1ccc2ccccc2c1. The third kappa shape index (κ3) is 3.79. The zero-order valence-electron chi connectivity index (χ0n) is 22.1.